The Morgan fingerprint density at radius 1 is 0.731 bits per heavy atom. The fourth-order valence-electron chi connectivity index (χ4n) is 3.70. The number of anilines is 2. The minimum Gasteiger partial charge on any atom is -0.368 e. The Labute approximate surface area is 154 Å². The van der Waals surface area contributed by atoms with Crippen molar-refractivity contribution in [1.82, 2.24) is 15.1 Å². The molecule has 2 saturated heterocycles. The largest absolute Gasteiger partial charge is 0.368 e. The molecule has 1 amide bonds. The Morgan fingerprint density at radius 3 is 2.12 bits per heavy atom. The second-order valence-corrected chi connectivity index (χ2v) is 6.94. The third-order valence-corrected chi connectivity index (χ3v) is 5.24. The summed E-state index contributed by atoms with van der Waals surface area (Å²) in [4.78, 5) is 19.2. The quantitative estimate of drug-likeness (QED) is 0.850. The molecule has 26 heavy (non-hydrogen) atoms. The molecule has 0 radical (unpaired) electrons. The fraction of sp³-hybridized carbons (Fsp3) is 0.450. The molecule has 6 nitrogen and oxygen atoms in total. The van der Waals surface area contributed by atoms with Gasteiger partial charge in [-0.15, -0.1) is 10.2 Å². The van der Waals surface area contributed by atoms with E-state index in [4.69, 9.17) is 0 Å². The van der Waals surface area contributed by atoms with Crippen molar-refractivity contribution >= 4 is 17.4 Å². The molecule has 2 aliphatic rings. The standard InChI is InChI=1S/C20H25N5O/c26-20(18-9-10-19(22-21-18)24-11-5-2-6-12-24)25-15-13-23(14-16-25)17-7-3-1-4-8-17/h1,3-4,7-10H,2,5-6,11-16H2. The van der Waals surface area contributed by atoms with Crippen LogP contribution in [0.4, 0.5) is 11.5 Å². The summed E-state index contributed by atoms with van der Waals surface area (Å²) in [6.45, 7) is 5.17. The Bertz CT molecular complexity index is 720. The summed E-state index contributed by atoms with van der Waals surface area (Å²) in [6, 6.07) is 14.1. The van der Waals surface area contributed by atoms with E-state index in [1.165, 1.54) is 24.9 Å². The van der Waals surface area contributed by atoms with Crippen LogP contribution < -0.4 is 9.80 Å². The number of benzene rings is 1. The highest BCUT2D eigenvalue weighted by molar-refractivity contribution is 5.92. The van der Waals surface area contributed by atoms with Crippen molar-refractivity contribution in [1.29, 1.82) is 0 Å². The lowest BCUT2D eigenvalue weighted by molar-refractivity contribution is 0.0739. The van der Waals surface area contributed by atoms with Crippen molar-refractivity contribution in [2.45, 2.75) is 19.3 Å². The number of piperazine rings is 1. The predicted molar refractivity (Wildman–Crippen MR) is 103 cm³/mol. The van der Waals surface area contributed by atoms with Gasteiger partial charge in [0.15, 0.2) is 11.5 Å². The zero-order chi connectivity index (χ0) is 17.8. The molecule has 0 N–H and O–H groups in total. The van der Waals surface area contributed by atoms with E-state index in [2.05, 4.69) is 32.1 Å². The number of rotatable bonds is 3. The van der Waals surface area contributed by atoms with Gasteiger partial charge >= 0.3 is 0 Å². The van der Waals surface area contributed by atoms with E-state index in [1.807, 2.05) is 35.2 Å². The van der Waals surface area contributed by atoms with E-state index in [0.29, 0.717) is 18.8 Å². The molecular formula is C20H25N5O. The zero-order valence-electron chi connectivity index (χ0n) is 15.0. The minimum atomic E-state index is -0.0181. The van der Waals surface area contributed by atoms with Crippen LogP contribution in [0.1, 0.15) is 29.8 Å². The molecule has 136 valence electrons. The van der Waals surface area contributed by atoms with Crippen molar-refractivity contribution in [3.63, 3.8) is 0 Å². The summed E-state index contributed by atoms with van der Waals surface area (Å²) in [7, 11) is 0. The summed E-state index contributed by atoms with van der Waals surface area (Å²) in [6.07, 6.45) is 3.69. The lowest BCUT2D eigenvalue weighted by Gasteiger charge is -2.36. The summed E-state index contributed by atoms with van der Waals surface area (Å²) >= 11 is 0. The molecule has 0 bridgehead atoms. The molecule has 3 heterocycles. The first-order chi connectivity index (χ1) is 12.8. The summed E-state index contributed by atoms with van der Waals surface area (Å²) in [5.74, 6) is 0.866. The number of hydrogen-bond donors (Lipinski definition) is 0. The molecule has 4 rings (SSSR count). The van der Waals surface area contributed by atoms with Crippen molar-refractivity contribution < 1.29 is 4.79 Å². The van der Waals surface area contributed by atoms with Gasteiger partial charge in [-0.25, -0.2) is 0 Å². The van der Waals surface area contributed by atoms with Crippen molar-refractivity contribution in [2.24, 2.45) is 0 Å². The Morgan fingerprint density at radius 2 is 1.46 bits per heavy atom. The number of piperidine rings is 1. The van der Waals surface area contributed by atoms with Crippen molar-refractivity contribution in [2.75, 3.05) is 49.1 Å². The van der Waals surface area contributed by atoms with Crippen LogP contribution in [0.2, 0.25) is 0 Å². The van der Waals surface area contributed by atoms with Crippen LogP contribution in [0.3, 0.4) is 0 Å². The number of amides is 1. The van der Waals surface area contributed by atoms with E-state index in [9.17, 15) is 4.79 Å². The molecule has 0 spiro atoms. The average molecular weight is 351 g/mol. The Balaban J connectivity index is 1.36. The number of carbonyl (C=O) groups is 1. The van der Waals surface area contributed by atoms with E-state index < -0.39 is 0 Å². The smallest absolute Gasteiger partial charge is 0.274 e. The molecule has 0 saturated carbocycles. The van der Waals surface area contributed by atoms with Gasteiger partial charge in [0.1, 0.15) is 0 Å². The van der Waals surface area contributed by atoms with E-state index in [-0.39, 0.29) is 5.91 Å². The Hall–Kier alpha value is -2.63. The van der Waals surface area contributed by atoms with Crippen LogP contribution in [0.25, 0.3) is 0 Å². The fourth-order valence-corrected chi connectivity index (χ4v) is 3.70. The topological polar surface area (TPSA) is 52.6 Å². The van der Waals surface area contributed by atoms with Crippen LogP contribution in [-0.4, -0.2) is 60.3 Å². The molecule has 0 unspecified atom stereocenters. The molecule has 2 aromatic rings. The second kappa shape index (κ2) is 7.72. The number of carbonyl (C=O) groups excluding carboxylic acids is 1. The molecule has 2 fully saturated rings. The predicted octanol–water partition coefficient (Wildman–Crippen LogP) is 2.43. The van der Waals surface area contributed by atoms with Gasteiger partial charge < -0.3 is 14.7 Å². The highest BCUT2D eigenvalue weighted by Gasteiger charge is 2.23. The van der Waals surface area contributed by atoms with Gasteiger partial charge in [0.25, 0.3) is 5.91 Å². The normalized spacial score (nSPS) is 18.1. The van der Waals surface area contributed by atoms with E-state index in [1.54, 1.807) is 0 Å². The summed E-state index contributed by atoms with van der Waals surface area (Å²) in [5.41, 5.74) is 1.66. The van der Waals surface area contributed by atoms with Gasteiger partial charge in [-0.3, -0.25) is 4.79 Å². The van der Waals surface area contributed by atoms with Crippen molar-refractivity contribution in [3.8, 4) is 0 Å². The van der Waals surface area contributed by atoms with Gasteiger partial charge in [0.05, 0.1) is 0 Å². The lowest BCUT2D eigenvalue weighted by atomic mass is 10.1. The molecular weight excluding hydrogens is 326 g/mol. The number of nitrogens with zero attached hydrogens (tertiary/aromatic N) is 5. The maximum Gasteiger partial charge on any atom is 0.274 e. The SMILES string of the molecule is O=C(c1ccc(N2CCCCC2)nn1)N1CCN(c2ccccc2)CC1. The number of aromatic nitrogens is 2. The van der Waals surface area contributed by atoms with Crippen molar-refractivity contribution in [3.05, 3.63) is 48.2 Å². The lowest BCUT2D eigenvalue weighted by Crippen LogP contribution is -2.49. The van der Waals surface area contributed by atoms with Crippen LogP contribution in [-0.2, 0) is 0 Å². The molecule has 1 aromatic heterocycles. The first-order valence-electron chi connectivity index (χ1n) is 9.49. The van der Waals surface area contributed by atoms with Gasteiger partial charge in [0, 0.05) is 45.0 Å². The highest BCUT2D eigenvalue weighted by atomic mass is 16.2. The number of hydrogen-bond acceptors (Lipinski definition) is 5. The van der Waals surface area contributed by atoms with E-state index in [0.717, 1.165) is 32.0 Å². The first-order valence-corrected chi connectivity index (χ1v) is 9.49. The molecule has 1 aromatic carbocycles. The molecule has 0 atom stereocenters. The second-order valence-electron chi connectivity index (χ2n) is 6.94. The minimum absolute atomic E-state index is 0.0181. The van der Waals surface area contributed by atoms with Gasteiger partial charge in [-0.1, -0.05) is 18.2 Å². The average Bonchev–Trinajstić information content (AvgIpc) is 2.75. The first kappa shape index (κ1) is 16.8. The van der Waals surface area contributed by atoms with Gasteiger partial charge in [-0.2, -0.15) is 0 Å². The van der Waals surface area contributed by atoms with Crippen LogP contribution >= 0.6 is 0 Å². The molecule has 6 heteroatoms. The van der Waals surface area contributed by atoms with E-state index >= 15 is 0 Å². The third kappa shape index (κ3) is 3.64. The molecule has 0 aliphatic carbocycles. The van der Waals surface area contributed by atoms with Crippen LogP contribution in [0.15, 0.2) is 42.5 Å². The summed E-state index contributed by atoms with van der Waals surface area (Å²) in [5, 5.41) is 8.51. The van der Waals surface area contributed by atoms with Gasteiger partial charge in [0.2, 0.25) is 0 Å². The van der Waals surface area contributed by atoms with Crippen LogP contribution in [0, 0.1) is 0 Å². The zero-order valence-corrected chi connectivity index (χ0v) is 15.0. The number of para-hydroxylation sites is 1. The van der Waals surface area contributed by atoms with Crippen LogP contribution in [0.5, 0.6) is 0 Å². The maximum atomic E-state index is 12.7. The highest BCUT2D eigenvalue weighted by Crippen LogP contribution is 2.18. The maximum absolute atomic E-state index is 12.7. The monoisotopic (exact) mass is 351 g/mol. The molecule has 2 aliphatic heterocycles. The third-order valence-electron chi connectivity index (χ3n) is 5.24. The summed E-state index contributed by atoms with van der Waals surface area (Å²) < 4.78 is 0. The Kier molecular flexibility index (Phi) is 5.00. The van der Waals surface area contributed by atoms with Gasteiger partial charge in [-0.05, 0) is 43.5 Å².